The van der Waals surface area contributed by atoms with Gasteiger partial charge in [0.25, 0.3) is 0 Å². The van der Waals surface area contributed by atoms with Crippen LogP contribution in [0.25, 0.3) is 0 Å². The first-order valence-electron chi connectivity index (χ1n) is 6.52. The quantitative estimate of drug-likeness (QED) is 0.569. The standard InChI is InChI=1S/C14H25N3O/c1-17(2)14-6-4-13(5-7-14)12-16-9-3-8-15-10-11-18/h4-7,15-16,18H,3,8-12H2,1-2H3. The van der Waals surface area contributed by atoms with Gasteiger partial charge in [-0.1, -0.05) is 12.1 Å². The SMILES string of the molecule is CN(C)c1ccc(CNCCCNCCO)cc1. The van der Waals surface area contributed by atoms with Crippen LogP contribution in [0.1, 0.15) is 12.0 Å². The normalized spacial score (nSPS) is 10.6. The maximum absolute atomic E-state index is 8.60. The van der Waals surface area contributed by atoms with Crippen LogP contribution in [0.5, 0.6) is 0 Å². The molecule has 0 aliphatic heterocycles. The highest BCUT2D eigenvalue weighted by atomic mass is 16.3. The van der Waals surface area contributed by atoms with Crippen LogP contribution in [-0.4, -0.2) is 45.4 Å². The Morgan fingerprint density at radius 2 is 1.67 bits per heavy atom. The van der Waals surface area contributed by atoms with Crippen molar-refractivity contribution in [1.29, 1.82) is 0 Å². The topological polar surface area (TPSA) is 47.5 Å². The molecule has 3 N–H and O–H groups in total. The van der Waals surface area contributed by atoms with Gasteiger partial charge in [-0.3, -0.25) is 0 Å². The molecule has 0 heterocycles. The van der Waals surface area contributed by atoms with Crippen molar-refractivity contribution in [2.75, 3.05) is 45.2 Å². The molecule has 1 aromatic rings. The Morgan fingerprint density at radius 3 is 2.28 bits per heavy atom. The highest BCUT2D eigenvalue weighted by Gasteiger charge is 1.96. The van der Waals surface area contributed by atoms with E-state index in [0.717, 1.165) is 26.1 Å². The van der Waals surface area contributed by atoms with Crippen LogP contribution in [0.15, 0.2) is 24.3 Å². The first-order valence-corrected chi connectivity index (χ1v) is 6.52. The van der Waals surface area contributed by atoms with E-state index < -0.39 is 0 Å². The van der Waals surface area contributed by atoms with Gasteiger partial charge in [-0.25, -0.2) is 0 Å². The Balaban J connectivity index is 2.12. The Bertz CT molecular complexity index is 311. The number of nitrogens with one attached hydrogen (secondary N) is 2. The van der Waals surface area contributed by atoms with Crippen LogP contribution in [0, 0.1) is 0 Å². The molecule has 0 bridgehead atoms. The van der Waals surface area contributed by atoms with Gasteiger partial charge in [-0.15, -0.1) is 0 Å². The van der Waals surface area contributed by atoms with Gasteiger partial charge in [0.15, 0.2) is 0 Å². The zero-order valence-corrected chi connectivity index (χ0v) is 11.4. The molecule has 0 aliphatic carbocycles. The summed E-state index contributed by atoms with van der Waals surface area (Å²) in [6.07, 6.45) is 1.08. The van der Waals surface area contributed by atoms with Crippen molar-refractivity contribution in [3.05, 3.63) is 29.8 Å². The molecule has 4 nitrogen and oxygen atoms in total. The van der Waals surface area contributed by atoms with Gasteiger partial charge in [-0.2, -0.15) is 0 Å². The first-order chi connectivity index (χ1) is 8.74. The first kappa shape index (κ1) is 15.0. The van der Waals surface area contributed by atoms with Crippen molar-refractivity contribution in [3.8, 4) is 0 Å². The summed E-state index contributed by atoms with van der Waals surface area (Å²) in [4.78, 5) is 2.10. The summed E-state index contributed by atoms with van der Waals surface area (Å²) in [7, 11) is 4.10. The van der Waals surface area contributed by atoms with E-state index in [-0.39, 0.29) is 6.61 Å². The highest BCUT2D eigenvalue weighted by Crippen LogP contribution is 2.11. The molecule has 0 saturated heterocycles. The second-order valence-corrected chi connectivity index (χ2v) is 4.56. The summed E-state index contributed by atoms with van der Waals surface area (Å²) in [5.74, 6) is 0. The third kappa shape index (κ3) is 6.00. The Morgan fingerprint density at radius 1 is 1.00 bits per heavy atom. The summed E-state index contributed by atoms with van der Waals surface area (Å²) in [6.45, 7) is 3.76. The Kier molecular flexibility index (Phi) is 7.41. The molecule has 0 amide bonds. The van der Waals surface area contributed by atoms with Crippen molar-refractivity contribution in [3.63, 3.8) is 0 Å². The summed E-state index contributed by atoms with van der Waals surface area (Å²) >= 11 is 0. The largest absolute Gasteiger partial charge is 0.395 e. The minimum atomic E-state index is 0.214. The molecule has 0 fully saturated rings. The van der Waals surface area contributed by atoms with E-state index in [1.807, 2.05) is 14.1 Å². The second-order valence-electron chi connectivity index (χ2n) is 4.56. The van der Waals surface area contributed by atoms with Crippen LogP contribution in [0.2, 0.25) is 0 Å². The molecule has 0 saturated carbocycles. The van der Waals surface area contributed by atoms with Crippen molar-refractivity contribution >= 4 is 5.69 Å². The van der Waals surface area contributed by atoms with Crippen LogP contribution in [0.4, 0.5) is 5.69 Å². The van der Waals surface area contributed by atoms with E-state index in [0.29, 0.717) is 6.54 Å². The molecule has 0 aromatic heterocycles. The van der Waals surface area contributed by atoms with E-state index in [2.05, 4.69) is 39.8 Å². The Labute approximate surface area is 110 Å². The molecule has 102 valence electrons. The van der Waals surface area contributed by atoms with Crippen molar-refractivity contribution < 1.29 is 5.11 Å². The lowest BCUT2D eigenvalue weighted by Crippen LogP contribution is -2.23. The minimum Gasteiger partial charge on any atom is -0.395 e. The molecule has 1 rings (SSSR count). The van der Waals surface area contributed by atoms with Crippen LogP contribution in [-0.2, 0) is 6.54 Å². The molecular formula is C14H25N3O. The second kappa shape index (κ2) is 8.91. The third-order valence-electron chi connectivity index (χ3n) is 2.78. The summed E-state index contributed by atoms with van der Waals surface area (Å²) in [5, 5.41) is 15.2. The Hall–Kier alpha value is -1.10. The average Bonchev–Trinajstić information content (AvgIpc) is 2.38. The monoisotopic (exact) mass is 251 g/mol. The maximum Gasteiger partial charge on any atom is 0.0555 e. The van der Waals surface area contributed by atoms with Crippen LogP contribution < -0.4 is 15.5 Å². The number of rotatable bonds is 9. The van der Waals surface area contributed by atoms with Crippen LogP contribution >= 0.6 is 0 Å². The molecule has 0 radical (unpaired) electrons. The van der Waals surface area contributed by atoms with Gasteiger partial charge in [0.2, 0.25) is 0 Å². The van der Waals surface area contributed by atoms with E-state index >= 15 is 0 Å². The van der Waals surface area contributed by atoms with E-state index in [4.69, 9.17) is 5.11 Å². The molecule has 18 heavy (non-hydrogen) atoms. The maximum atomic E-state index is 8.60. The number of nitrogens with zero attached hydrogens (tertiary/aromatic N) is 1. The van der Waals surface area contributed by atoms with E-state index in [1.165, 1.54) is 11.3 Å². The fourth-order valence-electron chi connectivity index (χ4n) is 1.69. The summed E-state index contributed by atoms with van der Waals surface area (Å²) < 4.78 is 0. The lowest BCUT2D eigenvalue weighted by Gasteiger charge is -2.13. The zero-order valence-electron chi connectivity index (χ0n) is 11.4. The van der Waals surface area contributed by atoms with Gasteiger partial charge >= 0.3 is 0 Å². The number of hydrogen-bond donors (Lipinski definition) is 3. The molecule has 4 heteroatoms. The molecule has 0 spiro atoms. The average molecular weight is 251 g/mol. The summed E-state index contributed by atoms with van der Waals surface area (Å²) in [6, 6.07) is 8.60. The van der Waals surface area contributed by atoms with Crippen molar-refractivity contribution in [2.24, 2.45) is 0 Å². The van der Waals surface area contributed by atoms with Gasteiger partial charge in [0, 0.05) is 32.9 Å². The molecule has 0 atom stereocenters. The summed E-state index contributed by atoms with van der Waals surface area (Å²) in [5.41, 5.74) is 2.54. The minimum absolute atomic E-state index is 0.214. The van der Waals surface area contributed by atoms with E-state index in [1.54, 1.807) is 0 Å². The number of anilines is 1. The lowest BCUT2D eigenvalue weighted by molar-refractivity contribution is 0.292. The van der Waals surface area contributed by atoms with Gasteiger partial charge in [0.05, 0.1) is 6.61 Å². The molecular weight excluding hydrogens is 226 g/mol. The predicted molar refractivity (Wildman–Crippen MR) is 77.0 cm³/mol. The fraction of sp³-hybridized carbons (Fsp3) is 0.571. The number of aliphatic hydroxyl groups excluding tert-OH is 1. The molecule has 0 aliphatic rings. The number of hydrogen-bond acceptors (Lipinski definition) is 4. The zero-order chi connectivity index (χ0) is 13.2. The lowest BCUT2D eigenvalue weighted by atomic mass is 10.2. The van der Waals surface area contributed by atoms with E-state index in [9.17, 15) is 0 Å². The van der Waals surface area contributed by atoms with Crippen molar-refractivity contribution in [2.45, 2.75) is 13.0 Å². The van der Waals surface area contributed by atoms with Gasteiger partial charge < -0.3 is 20.6 Å². The van der Waals surface area contributed by atoms with Crippen LogP contribution in [0.3, 0.4) is 0 Å². The highest BCUT2D eigenvalue weighted by molar-refractivity contribution is 5.45. The molecule has 1 aromatic carbocycles. The number of aliphatic hydroxyl groups is 1. The van der Waals surface area contributed by atoms with Crippen molar-refractivity contribution in [1.82, 2.24) is 10.6 Å². The predicted octanol–water partition coefficient (Wildman–Crippen LogP) is 0.814. The fourth-order valence-corrected chi connectivity index (χ4v) is 1.69. The van der Waals surface area contributed by atoms with Gasteiger partial charge in [-0.05, 0) is 37.2 Å². The third-order valence-corrected chi connectivity index (χ3v) is 2.78. The number of benzene rings is 1. The smallest absolute Gasteiger partial charge is 0.0555 e. The van der Waals surface area contributed by atoms with Gasteiger partial charge in [0.1, 0.15) is 0 Å². The molecule has 0 unspecified atom stereocenters.